The molecule has 0 aliphatic carbocycles. The minimum absolute atomic E-state index is 0.0827. The standard InChI is InChI=1S/C20H23N3O3/c1-3-25-19-8-7-16(13-21)12-18(19)23-14-20(24)22-9-10-26-17-6-4-5-15(2)11-17/h4-8,11-12,23H,3,9-10,14H2,1-2H3,(H,22,24). The van der Waals surface area contributed by atoms with Crippen molar-refractivity contribution < 1.29 is 14.3 Å². The van der Waals surface area contributed by atoms with Crippen molar-refractivity contribution in [1.82, 2.24) is 5.32 Å². The summed E-state index contributed by atoms with van der Waals surface area (Å²) in [5.74, 6) is 1.23. The first-order valence-corrected chi connectivity index (χ1v) is 8.49. The first-order chi connectivity index (χ1) is 12.6. The predicted octanol–water partition coefficient (Wildman–Crippen LogP) is 2.87. The summed E-state index contributed by atoms with van der Waals surface area (Å²) in [5.41, 5.74) is 2.25. The second-order valence-electron chi connectivity index (χ2n) is 5.62. The number of ether oxygens (including phenoxy) is 2. The fourth-order valence-corrected chi connectivity index (χ4v) is 2.32. The van der Waals surface area contributed by atoms with Gasteiger partial charge in [0.1, 0.15) is 18.1 Å². The van der Waals surface area contributed by atoms with Crippen LogP contribution in [0.4, 0.5) is 5.69 Å². The molecule has 136 valence electrons. The Balaban J connectivity index is 1.77. The highest BCUT2D eigenvalue weighted by atomic mass is 16.5. The van der Waals surface area contributed by atoms with Crippen LogP contribution in [0, 0.1) is 18.3 Å². The molecule has 1 amide bonds. The molecule has 0 aliphatic heterocycles. The third kappa shape index (κ3) is 6.02. The summed E-state index contributed by atoms with van der Waals surface area (Å²) in [6.45, 7) is 5.26. The van der Waals surface area contributed by atoms with Crippen LogP contribution in [-0.2, 0) is 4.79 Å². The van der Waals surface area contributed by atoms with E-state index in [4.69, 9.17) is 14.7 Å². The Kier molecular flexibility index (Phi) is 7.31. The zero-order chi connectivity index (χ0) is 18.8. The molecular weight excluding hydrogens is 330 g/mol. The highest BCUT2D eigenvalue weighted by Gasteiger charge is 2.07. The van der Waals surface area contributed by atoms with E-state index in [0.717, 1.165) is 11.3 Å². The number of aryl methyl sites for hydroxylation is 1. The normalized spacial score (nSPS) is 9.88. The number of nitriles is 1. The van der Waals surface area contributed by atoms with E-state index in [0.29, 0.717) is 36.8 Å². The number of hydrogen-bond donors (Lipinski definition) is 2. The lowest BCUT2D eigenvalue weighted by molar-refractivity contribution is -0.119. The lowest BCUT2D eigenvalue weighted by Crippen LogP contribution is -2.33. The zero-order valence-corrected chi connectivity index (χ0v) is 15.0. The maximum Gasteiger partial charge on any atom is 0.239 e. The molecule has 26 heavy (non-hydrogen) atoms. The van der Waals surface area contributed by atoms with Gasteiger partial charge >= 0.3 is 0 Å². The highest BCUT2D eigenvalue weighted by Crippen LogP contribution is 2.25. The Morgan fingerprint density at radius 1 is 1.19 bits per heavy atom. The topological polar surface area (TPSA) is 83.4 Å². The summed E-state index contributed by atoms with van der Waals surface area (Å²) >= 11 is 0. The minimum atomic E-state index is -0.164. The number of nitrogens with one attached hydrogen (secondary N) is 2. The fraction of sp³-hybridized carbons (Fsp3) is 0.300. The first-order valence-electron chi connectivity index (χ1n) is 8.49. The third-order valence-corrected chi connectivity index (χ3v) is 3.53. The molecule has 6 nitrogen and oxygen atoms in total. The van der Waals surface area contributed by atoms with Crippen LogP contribution >= 0.6 is 0 Å². The number of benzene rings is 2. The highest BCUT2D eigenvalue weighted by molar-refractivity contribution is 5.81. The summed E-state index contributed by atoms with van der Waals surface area (Å²) in [4.78, 5) is 12.0. The molecule has 2 N–H and O–H groups in total. The van der Waals surface area contributed by atoms with Gasteiger partial charge in [0.15, 0.2) is 0 Å². The predicted molar refractivity (Wildman–Crippen MR) is 100 cm³/mol. The number of anilines is 1. The zero-order valence-electron chi connectivity index (χ0n) is 15.0. The van der Waals surface area contributed by atoms with E-state index in [9.17, 15) is 4.79 Å². The van der Waals surface area contributed by atoms with Crippen LogP contribution < -0.4 is 20.1 Å². The molecule has 0 spiro atoms. The first kappa shape index (κ1) is 19.1. The molecule has 0 bridgehead atoms. The van der Waals surface area contributed by atoms with Gasteiger partial charge in [-0.15, -0.1) is 0 Å². The summed E-state index contributed by atoms with van der Waals surface area (Å²) < 4.78 is 11.1. The lowest BCUT2D eigenvalue weighted by Gasteiger charge is -2.13. The van der Waals surface area contributed by atoms with E-state index in [1.54, 1.807) is 18.2 Å². The lowest BCUT2D eigenvalue weighted by atomic mass is 10.2. The van der Waals surface area contributed by atoms with Gasteiger partial charge in [-0.3, -0.25) is 4.79 Å². The number of hydrogen-bond acceptors (Lipinski definition) is 5. The van der Waals surface area contributed by atoms with Gasteiger partial charge in [0.05, 0.1) is 37.0 Å². The summed E-state index contributed by atoms with van der Waals surface area (Å²) in [6.07, 6.45) is 0. The Labute approximate surface area is 153 Å². The third-order valence-electron chi connectivity index (χ3n) is 3.53. The van der Waals surface area contributed by atoms with Crippen molar-refractivity contribution in [2.24, 2.45) is 0 Å². The molecule has 2 aromatic rings. The van der Waals surface area contributed by atoms with Gasteiger partial charge < -0.3 is 20.1 Å². The van der Waals surface area contributed by atoms with E-state index < -0.39 is 0 Å². The van der Waals surface area contributed by atoms with Gasteiger partial charge in [-0.1, -0.05) is 12.1 Å². The fourth-order valence-electron chi connectivity index (χ4n) is 2.32. The molecule has 2 rings (SSSR count). The van der Waals surface area contributed by atoms with Crippen molar-refractivity contribution in [2.45, 2.75) is 13.8 Å². The smallest absolute Gasteiger partial charge is 0.239 e. The summed E-state index contributed by atoms with van der Waals surface area (Å²) in [6, 6.07) is 14.9. The molecule has 0 fully saturated rings. The molecule has 6 heteroatoms. The average molecular weight is 353 g/mol. The van der Waals surface area contributed by atoms with Crippen LogP contribution in [0.1, 0.15) is 18.1 Å². The van der Waals surface area contributed by atoms with E-state index in [1.807, 2.05) is 38.1 Å². The maximum atomic E-state index is 12.0. The minimum Gasteiger partial charge on any atom is -0.492 e. The van der Waals surface area contributed by atoms with Gasteiger partial charge in [0.2, 0.25) is 5.91 Å². The molecule has 0 heterocycles. The van der Waals surface area contributed by atoms with E-state index in [2.05, 4.69) is 16.7 Å². The second kappa shape index (κ2) is 9.94. The van der Waals surface area contributed by atoms with Gasteiger partial charge in [-0.05, 0) is 49.7 Å². The number of carbonyl (C=O) groups excluding carboxylic acids is 1. The number of nitrogens with zero attached hydrogens (tertiary/aromatic N) is 1. The number of rotatable bonds is 9. The van der Waals surface area contributed by atoms with Crippen molar-refractivity contribution in [3.8, 4) is 17.6 Å². The summed E-state index contributed by atoms with van der Waals surface area (Å²) in [7, 11) is 0. The quantitative estimate of drug-likeness (QED) is 0.677. The van der Waals surface area contributed by atoms with Crippen LogP contribution in [0.2, 0.25) is 0 Å². The Hall–Kier alpha value is -3.20. The number of amides is 1. The Bertz CT molecular complexity index is 784. The largest absolute Gasteiger partial charge is 0.492 e. The molecular formula is C20H23N3O3. The van der Waals surface area contributed by atoms with Gasteiger partial charge in [-0.25, -0.2) is 0 Å². The summed E-state index contributed by atoms with van der Waals surface area (Å²) in [5, 5.41) is 14.8. The van der Waals surface area contributed by atoms with Crippen LogP contribution in [0.15, 0.2) is 42.5 Å². The van der Waals surface area contributed by atoms with Crippen molar-refractivity contribution in [1.29, 1.82) is 5.26 Å². The molecule has 0 unspecified atom stereocenters. The monoisotopic (exact) mass is 353 g/mol. The van der Waals surface area contributed by atoms with Crippen molar-refractivity contribution >= 4 is 11.6 Å². The molecule has 0 aliphatic rings. The molecule has 0 saturated carbocycles. The van der Waals surface area contributed by atoms with Gasteiger partial charge in [0.25, 0.3) is 0 Å². The maximum absolute atomic E-state index is 12.0. The van der Waals surface area contributed by atoms with Crippen molar-refractivity contribution in [2.75, 3.05) is 31.6 Å². The van der Waals surface area contributed by atoms with E-state index >= 15 is 0 Å². The van der Waals surface area contributed by atoms with Crippen molar-refractivity contribution in [3.05, 3.63) is 53.6 Å². The molecule has 0 radical (unpaired) electrons. The second-order valence-corrected chi connectivity index (χ2v) is 5.62. The van der Waals surface area contributed by atoms with E-state index in [1.165, 1.54) is 0 Å². The molecule has 2 aromatic carbocycles. The number of carbonyl (C=O) groups is 1. The Morgan fingerprint density at radius 2 is 2.04 bits per heavy atom. The molecule has 0 aromatic heterocycles. The average Bonchev–Trinajstić information content (AvgIpc) is 2.64. The van der Waals surface area contributed by atoms with Gasteiger partial charge in [0, 0.05) is 0 Å². The molecule has 0 atom stereocenters. The SMILES string of the molecule is CCOc1ccc(C#N)cc1NCC(=O)NCCOc1cccc(C)c1. The molecule has 0 saturated heterocycles. The van der Waals surface area contributed by atoms with Gasteiger partial charge in [-0.2, -0.15) is 5.26 Å². The Morgan fingerprint density at radius 3 is 2.77 bits per heavy atom. The van der Waals surface area contributed by atoms with Crippen LogP contribution in [0.25, 0.3) is 0 Å². The van der Waals surface area contributed by atoms with E-state index in [-0.39, 0.29) is 12.5 Å². The van der Waals surface area contributed by atoms with Crippen LogP contribution in [-0.4, -0.2) is 32.2 Å². The van der Waals surface area contributed by atoms with Crippen molar-refractivity contribution in [3.63, 3.8) is 0 Å². The van der Waals surface area contributed by atoms with Crippen LogP contribution in [0.5, 0.6) is 11.5 Å². The van der Waals surface area contributed by atoms with Crippen LogP contribution in [0.3, 0.4) is 0 Å².